The molecule has 0 aliphatic carbocycles. The number of nitrogens with one attached hydrogen (secondary N) is 1. The molecule has 9 nitrogen and oxygen atoms in total. The number of piperidine rings is 1. The fourth-order valence-corrected chi connectivity index (χ4v) is 3.80. The Hall–Kier alpha value is -3.66. The quantitative estimate of drug-likeness (QED) is 0.457. The van der Waals surface area contributed by atoms with Gasteiger partial charge >= 0.3 is 0 Å². The van der Waals surface area contributed by atoms with Gasteiger partial charge in [0.15, 0.2) is 0 Å². The molecule has 1 atom stereocenters. The minimum absolute atomic E-state index is 0.0362. The lowest BCUT2D eigenvalue weighted by molar-refractivity contribution is -0.384. The van der Waals surface area contributed by atoms with E-state index in [2.05, 4.69) is 15.5 Å². The maximum atomic E-state index is 13.5. The summed E-state index contributed by atoms with van der Waals surface area (Å²) in [5.74, 6) is 0.133. The van der Waals surface area contributed by atoms with Crippen LogP contribution in [0.3, 0.4) is 0 Å². The van der Waals surface area contributed by atoms with Crippen LogP contribution in [0, 0.1) is 22.9 Å². The number of aryl methyl sites for hydroxylation is 1. The number of non-ortho nitro benzene ring substituents is 1. The molecule has 1 N–H and O–H groups in total. The minimum Gasteiger partial charge on any atom is -0.339 e. The predicted octanol–water partition coefficient (Wildman–Crippen LogP) is 3.91. The van der Waals surface area contributed by atoms with E-state index in [4.69, 9.17) is 4.52 Å². The average Bonchev–Trinajstić information content (AvgIpc) is 3.26. The largest absolute Gasteiger partial charge is 0.339 e. The van der Waals surface area contributed by atoms with Crippen LogP contribution in [0.2, 0.25) is 0 Å². The first kappa shape index (κ1) is 21.6. The van der Waals surface area contributed by atoms with Gasteiger partial charge < -0.3 is 9.84 Å². The van der Waals surface area contributed by atoms with E-state index >= 15 is 0 Å². The first-order valence-corrected chi connectivity index (χ1v) is 10.3. The Morgan fingerprint density at radius 2 is 2.19 bits per heavy atom. The van der Waals surface area contributed by atoms with E-state index in [1.807, 2.05) is 4.90 Å². The van der Waals surface area contributed by atoms with Crippen molar-refractivity contribution in [3.8, 4) is 11.4 Å². The number of rotatable bonds is 6. The molecule has 2 heterocycles. The maximum absolute atomic E-state index is 13.5. The summed E-state index contributed by atoms with van der Waals surface area (Å²) in [4.78, 5) is 29.5. The lowest BCUT2D eigenvalue weighted by atomic mass is 9.98. The molecule has 1 unspecified atom stereocenters. The Labute approximate surface area is 183 Å². The molecule has 1 aliphatic rings. The van der Waals surface area contributed by atoms with Gasteiger partial charge in [-0.15, -0.1) is 0 Å². The van der Waals surface area contributed by atoms with Gasteiger partial charge in [-0.2, -0.15) is 4.98 Å². The third-order valence-corrected chi connectivity index (χ3v) is 5.45. The van der Waals surface area contributed by atoms with E-state index < -0.39 is 4.92 Å². The number of nitro benzene ring substituents is 1. The van der Waals surface area contributed by atoms with Gasteiger partial charge in [-0.1, -0.05) is 23.4 Å². The number of amides is 1. The molecule has 1 amide bonds. The third-order valence-electron chi connectivity index (χ3n) is 5.45. The molecular weight excluding hydrogens is 417 g/mol. The number of likely N-dealkylation sites (tertiary alicyclic amines) is 1. The summed E-state index contributed by atoms with van der Waals surface area (Å²) < 4.78 is 18.9. The number of nitrogens with zero attached hydrogens (tertiary/aromatic N) is 4. The van der Waals surface area contributed by atoms with Crippen LogP contribution < -0.4 is 5.32 Å². The minimum atomic E-state index is -0.493. The van der Waals surface area contributed by atoms with Crippen molar-refractivity contribution in [2.24, 2.45) is 0 Å². The number of hydrogen-bond acceptors (Lipinski definition) is 7. The van der Waals surface area contributed by atoms with E-state index in [9.17, 15) is 19.3 Å². The summed E-state index contributed by atoms with van der Waals surface area (Å²) >= 11 is 0. The normalized spacial score (nSPS) is 16.6. The van der Waals surface area contributed by atoms with Gasteiger partial charge in [-0.05, 0) is 44.0 Å². The Balaban J connectivity index is 1.39. The molecule has 2 aromatic carbocycles. The summed E-state index contributed by atoms with van der Waals surface area (Å²) in [5, 5.41) is 17.7. The molecular formula is C22H22FN5O4. The second-order valence-electron chi connectivity index (χ2n) is 7.85. The summed E-state index contributed by atoms with van der Waals surface area (Å²) in [6.07, 6.45) is 1.69. The monoisotopic (exact) mass is 439 g/mol. The Bertz CT molecular complexity index is 1150. The number of carbonyl (C=O) groups is 1. The van der Waals surface area contributed by atoms with E-state index in [1.165, 1.54) is 24.3 Å². The fourth-order valence-electron chi connectivity index (χ4n) is 3.80. The highest BCUT2D eigenvalue weighted by Gasteiger charge is 2.27. The van der Waals surface area contributed by atoms with Crippen molar-refractivity contribution in [2.45, 2.75) is 25.7 Å². The van der Waals surface area contributed by atoms with Crippen LogP contribution in [0.4, 0.5) is 15.8 Å². The topological polar surface area (TPSA) is 114 Å². The van der Waals surface area contributed by atoms with Gasteiger partial charge in [0.05, 0.1) is 23.1 Å². The van der Waals surface area contributed by atoms with Crippen LogP contribution in [-0.2, 0) is 4.79 Å². The van der Waals surface area contributed by atoms with Crippen LogP contribution in [0.5, 0.6) is 0 Å². The van der Waals surface area contributed by atoms with Crippen LogP contribution in [0.15, 0.2) is 47.0 Å². The lowest BCUT2D eigenvalue weighted by Gasteiger charge is -2.30. The number of nitro groups is 1. The van der Waals surface area contributed by atoms with Crippen LogP contribution in [0.1, 0.15) is 30.2 Å². The van der Waals surface area contributed by atoms with Crippen molar-refractivity contribution in [1.82, 2.24) is 15.0 Å². The molecule has 1 fully saturated rings. The van der Waals surface area contributed by atoms with Gasteiger partial charge in [-0.3, -0.25) is 19.8 Å². The van der Waals surface area contributed by atoms with Gasteiger partial charge in [0.2, 0.25) is 17.6 Å². The summed E-state index contributed by atoms with van der Waals surface area (Å²) in [7, 11) is 0. The van der Waals surface area contributed by atoms with Gasteiger partial charge in [-0.25, -0.2) is 4.39 Å². The zero-order valence-electron chi connectivity index (χ0n) is 17.5. The predicted molar refractivity (Wildman–Crippen MR) is 115 cm³/mol. The molecule has 0 radical (unpaired) electrons. The van der Waals surface area contributed by atoms with Crippen LogP contribution in [0.25, 0.3) is 11.4 Å². The average molecular weight is 439 g/mol. The fraction of sp³-hybridized carbons (Fsp3) is 0.318. The summed E-state index contributed by atoms with van der Waals surface area (Å²) in [6, 6.07) is 10.4. The summed E-state index contributed by atoms with van der Waals surface area (Å²) in [6.45, 7) is 3.22. The number of hydrogen-bond donors (Lipinski definition) is 1. The highest BCUT2D eigenvalue weighted by molar-refractivity contribution is 5.93. The van der Waals surface area contributed by atoms with Crippen molar-refractivity contribution in [1.29, 1.82) is 0 Å². The first-order valence-electron chi connectivity index (χ1n) is 10.3. The zero-order valence-corrected chi connectivity index (χ0v) is 17.5. The Kier molecular flexibility index (Phi) is 6.22. The number of aromatic nitrogens is 2. The van der Waals surface area contributed by atoms with E-state index in [1.54, 1.807) is 25.1 Å². The number of anilines is 1. The molecule has 4 rings (SSSR count). The van der Waals surface area contributed by atoms with Crippen molar-refractivity contribution >= 4 is 17.3 Å². The van der Waals surface area contributed by atoms with Crippen LogP contribution in [-0.4, -0.2) is 45.5 Å². The molecule has 0 saturated carbocycles. The van der Waals surface area contributed by atoms with Crippen molar-refractivity contribution in [3.63, 3.8) is 0 Å². The lowest BCUT2D eigenvalue weighted by Crippen LogP contribution is -2.39. The van der Waals surface area contributed by atoms with Crippen molar-refractivity contribution in [2.75, 3.05) is 25.0 Å². The zero-order chi connectivity index (χ0) is 22.7. The SMILES string of the molecule is Cc1ccc([N+](=O)[O-])cc1NC(=O)CN1CCCC(c2nc(-c3cccc(F)c3)no2)C1. The molecule has 166 valence electrons. The second kappa shape index (κ2) is 9.23. The van der Waals surface area contributed by atoms with Gasteiger partial charge in [0, 0.05) is 24.2 Å². The Morgan fingerprint density at radius 3 is 2.97 bits per heavy atom. The number of carbonyl (C=O) groups excluding carboxylic acids is 1. The molecule has 32 heavy (non-hydrogen) atoms. The van der Waals surface area contributed by atoms with Crippen molar-refractivity contribution < 1.29 is 18.6 Å². The highest BCUT2D eigenvalue weighted by atomic mass is 19.1. The standard InChI is InChI=1S/C22H22FN5O4/c1-14-7-8-18(28(30)31)11-19(14)24-20(29)13-27-9-3-5-16(12-27)22-25-21(26-32-22)15-4-2-6-17(23)10-15/h2,4,6-8,10-11,16H,3,5,9,12-13H2,1H3,(H,24,29). The molecule has 3 aromatic rings. The molecule has 10 heteroatoms. The first-order chi connectivity index (χ1) is 15.4. The van der Waals surface area contributed by atoms with Gasteiger partial charge in [0.1, 0.15) is 5.82 Å². The van der Waals surface area contributed by atoms with E-state index in [0.29, 0.717) is 29.5 Å². The maximum Gasteiger partial charge on any atom is 0.271 e. The third kappa shape index (κ3) is 4.97. The smallest absolute Gasteiger partial charge is 0.271 e. The van der Waals surface area contributed by atoms with Crippen molar-refractivity contribution in [3.05, 3.63) is 69.9 Å². The highest BCUT2D eigenvalue weighted by Crippen LogP contribution is 2.28. The Morgan fingerprint density at radius 1 is 1.34 bits per heavy atom. The van der Waals surface area contributed by atoms with E-state index in [-0.39, 0.29) is 29.9 Å². The van der Waals surface area contributed by atoms with E-state index in [0.717, 1.165) is 24.9 Å². The molecule has 0 spiro atoms. The summed E-state index contributed by atoms with van der Waals surface area (Å²) in [5.41, 5.74) is 1.64. The molecule has 1 saturated heterocycles. The second-order valence-corrected chi connectivity index (χ2v) is 7.85. The number of halogens is 1. The van der Waals surface area contributed by atoms with Crippen LogP contribution >= 0.6 is 0 Å². The number of benzene rings is 2. The molecule has 0 bridgehead atoms. The molecule has 1 aromatic heterocycles. The van der Waals surface area contributed by atoms with Gasteiger partial charge in [0.25, 0.3) is 5.69 Å². The molecule has 1 aliphatic heterocycles.